The molecular weight excluding hydrogens is 384 g/mol. The summed E-state index contributed by atoms with van der Waals surface area (Å²) in [6, 6.07) is 14.3. The molecule has 6 nitrogen and oxygen atoms in total. The first-order valence-corrected chi connectivity index (χ1v) is 9.39. The van der Waals surface area contributed by atoms with Crippen molar-refractivity contribution >= 4 is 52.1 Å². The van der Waals surface area contributed by atoms with Crippen molar-refractivity contribution in [2.75, 3.05) is 18.1 Å². The van der Waals surface area contributed by atoms with E-state index < -0.39 is 6.09 Å². The topological polar surface area (TPSA) is 67.9 Å². The number of nitrogens with zero attached hydrogens (tertiary/aromatic N) is 1. The molecule has 0 saturated carbocycles. The van der Waals surface area contributed by atoms with Gasteiger partial charge in [-0.3, -0.25) is 9.69 Å². The number of ether oxygens (including phenoxy) is 2. The van der Waals surface area contributed by atoms with Gasteiger partial charge in [0.25, 0.3) is 5.91 Å². The maximum absolute atomic E-state index is 12.6. The van der Waals surface area contributed by atoms with Crippen LogP contribution in [0.1, 0.15) is 5.56 Å². The summed E-state index contributed by atoms with van der Waals surface area (Å²) >= 11 is 6.21. The number of fused-ring (bicyclic) bond motifs is 1. The molecule has 1 saturated heterocycles. The molecule has 0 atom stereocenters. The van der Waals surface area contributed by atoms with Gasteiger partial charge in [-0.25, -0.2) is 4.79 Å². The smallest absolute Gasteiger partial charge is 0.419 e. The Balaban J connectivity index is 1.61. The summed E-state index contributed by atoms with van der Waals surface area (Å²) in [6.45, 7) is 0.752. The van der Waals surface area contributed by atoms with Crippen molar-refractivity contribution < 1.29 is 19.1 Å². The molecule has 27 heavy (non-hydrogen) atoms. The van der Waals surface area contributed by atoms with Crippen molar-refractivity contribution in [1.29, 1.82) is 0 Å². The number of thiocarbonyl (C=S) groups is 1. The fourth-order valence-corrected chi connectivity index (χ4v) is 3.78. The van der Waals surface area contributed by atoms with E-state index in [0.29, 0.717) is 39.6 Å². The van der Waals surface area contributed by atoms with Gasteiger partial charge in [0.2, 0.25) is 0 Å². The van der Waals surface area contributed by atoms with Crippen LogP contribution >= 0.6 is 24.0 Å². The highest BCUT2D eigenvalue weighted by Gasteiger charge is 2.26. The lowest BCUT2D eigenvalue weighted by Gasteiger charge is -2.29. The van der Waals surface area contributed by atoms with Crippen LogP contribution in [0.5, 0.6) is 11.5 Å². The molecule has 1 fully saturated rings. The predicted octanol–water partition coefficient (Wildman–Crippen LogP) is 3.57. The maximum atomic E-state index is 12.6. The monoisotopic (exact) mass is 398 g/mol. The van der Waals surface area contributed by atoms with Crippen molar-refractivity contribution in [2.45, 2.75) is 0 Å². The van der Waals surface area contributed by atoms with Crippen molar-refractivity contribution in [2.24, 2.45) is 0 Å². The normalized spacial score (nSPS) is 17.3. The van der Waals surface area contributed by atoms with Gasteiger partial charge >= 0.3 is 6.09 Å². The molecule has 4 rings (SSSR count). The summed E-state index contributed by atoms with van der Waals surface area (Å²) in [6.07, 6.45) is 1.25. The fraction of sp³-hybridized carbons (Fsp3) is 0.105. The molecule has 0 spiro atoms. The third kappa shape index (κ3) is 3.81. The zero-order chi connectivity index (χ0) is 18.8. The lowest BCUT2D eigenvalue weighted by atomic mass is 10.1. The van der Waals surface area contributed by atoms with Crippen LogP contribution in [0.15, 0.2) is 53.4 Å². The number of benzene rings is 2. The Morgan fingerprint density at radius 2 is 2.07 bits per heavy atom. The molecule has 136 valence electrons. The first-order valence-electron chi connectivity index (χ1n) is 8.16. The van der Waals surface area contributed by atoms with Crippen LogP contribution < -0.4 is 19.7 Å². The quantitative estimate of drug-likeness (QED) is 0.616. The molecule has 8 heteroatoms. The summed E-state index contributed by atoms with van der Waals surface area (Å²) < 4.78 is 11.5. The third-order valence-corrected chi connectivity index (χ3v) is 5.12. The number of nitrogens with one attached hydrogen (secondary N) is 1. The van der Waals surface area contributed by atoms with Gasteiger partial charge in [0.1, 0.15) is 22.4 Å². The molecule has 2 amide bonds. The highest BCUT2D eigenvalue weighted by molar-refractivity contribution is 8.26. The summed E-state index contributed by atoms with van der Waals surface area (Å²) in [5.41, 5.74) is 1.36. The zero-order valence-corrected chi connectivity index (χ0v) is 15.6. The third-order valence-electron chi connectivity index (χ3n) is 3.95. The van der Waals surface area contributed by atoms with Crippen molar-refractivity contribution in [3.63, 3.8) is 0 Å². The van der Waals surface area contributed by atoms with Gasteiger partial charge < -0.3 is 14.8 Å². The second-order valence-electron chi connectivity index (χ2n) is 5.76. The molecule has 2 aromatic carbocycles. The van der Waals surface area contributed by atoms with Crippen LogP contribution in [0.3, 0.4) is 0 Å². The number of amides is 2. The second-order valence-corrected chi connectivity index (χ2v) is 7.48. The molecule has 2 aliphatic rings. The Labute approximate surface area is 165 Å². The molecule has 2 aromatic rings. The predicted molar refractivity (Wildman–Crippen MR) is 108 cm³/mol. The first kappa shape index (κ1) is 17.6. The Bertz CT molecular complexity index is 959. The average Bonchev–Trinajstić information content (AvgIpc) is 2.99. The van der Waals surface area contributed by atoms with Crippen LogP contribution in [-0.4, -0.2) is 29.5 Å². The molecule has 0 radical (unpaired) electrons. The summed E-state index contributed by atoms with van der Waals surface area (Å²) in [7, 11) is 0. The van der Waals surface area contributed by atoms with E-state index in [-0.39, 0.29) is 5.91 Å². The molecule has 2 heterocycles. The van der Waals surface area contributed by atoms with E-state index in [1.807, 2.05) is 12.1 Å². The Morgan fingerprint density at radius 1 is 1.26 bits per heavy atom. The number of para-hydroxylation sites is 1. The van der Waals surface area contributed by atoms with E-state index in [4.69, 9.17) is 21.7 Å². The number of carbonyl (C=O) groups excluding carboxylic acids is 2. The van der Waals surface area contributed by atoms with Gasteiger partial charge in [0, 0.05) is 0 Å². The SMILES string of the molecule is O=C1NC(=S)S/C1=C\c1ccc2c(c1)N(C(=O)Oc1ccccc1)CCO2. The summed E-state index contributed by atoms with van der Waals surface area (Å²) in [4.78, 5) is 26.5. The van der Waals surface area contributed by atoms with Crippen molar-refractivity contribution in [3.8, 4) is 11.5 Å². The van der Waals surface area contributed by atoms with Crippen LogP contribution in [0, 0.1) is 0 Å². The van der Waals surface area contributed by atoms with E-state index in [0.717, 1.165) is 5.56 Å². The molecule has 0 unspecified atom stereocenters. The number of carbonyl (C=O) groups is 2. The number of rotatable bonds is 2. The Morgan fingerprint density at radius 3 is 2.81 bits per heavy atom. The van der Waals surface area contributed by atoms with E-state index in [1.54, 1.807) is 42.5 Å². The highest BCUT2D eigenvalue weighted by atomic mass is 32.2. The standard InChI is InChI=1S/C19H14N2O4S2/c22-17-16(27-18(26)20-17)11-12-6-7-15-14(10-12)21(8-9-24-15)19(23)25-13-4-2-1-3-5-13/h1-7,10-11H,8-9H2,(H,20,22,26)/b16-11-. The lowest BCUT2D eigenvalue weighted by Crippen LogP contribution is -2.39. The van der Waals surface area contributed by atoms with Gasteiger partial charge in [0.05, 0.1) is 17.1 Å². The minimum Gasteiger partial charge on any atom is -0.490 e. The van der Waals surface area contributed by atoms with Crippen LogP contribution in [0.4, 0.5) is 10.5 Å². The van der Waals surface area contributed by atoms with Gasteiger partial charge in [0.15, 0.2) is 0 Å². The molecule has 1 N–H and O–H groups in total. The Kier molecular flexibility index (Phi) is 4.83. The van der Waals surface area contributed by atoms with Crippen LogP contribution in [-0.2, 0) is 4.79 Å². The van der Waals surface area contributed by atoms with Crippen molar-refractivity contribution in [1.82, 2.24) is 5.32 Å². The largest absolute Gasteiger partial charge is 0.490 e. The number of hydrogen-bond acceptors (Lipinski definition) is 6. The molecule has 0 aromatic heterocycles. The van der Waals surface area contributed by atoms with Crippen molar-refractivity contribution in [3.05, 3.63) is 59.0 Å². The van der Waals surface area contributed by atoms with Gasteiger partial charge in [-0.15, -0.1) is 0 Å². The van der Waals surface area contributed by atoms with Crippen LogP contribution in [0.2, 0.25) is 0 Å². The zero-order valence-electron chi connectivity index (χ0n) is 14.0. The van der Waals surface area contributed by atoms with E-state index in [9.17, 15) is 9.59 Å². The number of thioether (sulfide) groups is 1. The second kappa shape index (κ2) is 7.42. The van der Waals surface area contributed by atoms with E-state index in [1.165, 1.54) is 16.7 Å². The Hall–Kier alpha value is -2.84. The minimum absolute atomic E-state index is 0.223. The fourth-order valence-electron chi connectivity index (χ4n) is 2.73. The number of anilines is 1. The van der Waals surface area contributed by atoms with Gasteiger partial charge in [-0.2, -0.15) is 0 Å². The minimum atomic E-state index is -0.482. The van der Waals surface area contributed by atoms with E-state index >= 15 is 0 Å². The highest BCUT2D eigenvalue weighted by Crippen LogP contribution is 2.35. The van der Waals surface area contributed by atoms with Crippen LogP contribution in [0.25, 0.3) is 6.08 Å². The molecule has 0 aliphatic carbocycles. The van der Waals surface area contributed by atoms with E-state index in [2.05, 4.69) is 5.32 Å². The van der Waals surface area contributed by atoms with Gasteiger partial charge in [-0.05, 0) is 35.9 Å². The number of hydrogen-bond donors (Lipinski definition) is 1. The summed E-state index contributed by atoms with van der Waals surface area (Å²) in [5.74, 6) is 0.841. The lowest BCUT2D eigenvalue weighted by molar-refractivity contribution is -0.115. The average molecular weight is 398 g/mol. The first-order chi connectivity index (χ1) is 13.1. The molecule has 2 aliphatic heterocycles. The van der Waals surface area contributed by atoms with Gasteiger partial charge in [-0.1, -0.05) is 48.2 Å². The molecular formula is C19H14N2O4S2. The summed E-state index contributed by atoms with van der Waals surface area (Å²) in [5, 5.41) is 2.58. The molecule has 0 bridgehead atoms. The maximum Gasteiger partial charge on any atom is 0.419 e.